The van der Waals surface area contributed by atoms with Crippen molar-refractivity contribution in [2.75, 3.05) is 0 Å². The normalized spacial score (nSPS) is 12.9. The van der Waals surface area contributed by atoms with Gasteiger partial charge in [0.15, 0.2) is 0 Å². The van der Waals surface area contributed by atoms with Crippen LogP contribution in [-0.4, -0.2) is 14.8 Å². The molecule has 0 saturated heterocycles. The van der Waals surface area contributed by atoms with E-state index in [1.165, 1.54) is 4.88 Å². The van der Waals surface area contributed by atoms with E-state index in [9.17, 15) is 0 Å². The summed E-state index contributed by atoms with van der Waals surface area (Å²) in [4.78, 5) is 5.56. The lowest BCUT2D eigenvalue weighted by Gasteiger charge is -2.11. The third kappa shape index (κ3) is 2.48. The molecule has 86 valence electrons. The molecule has 0 saturated carbocycles. The van der Waals surface area contributed by atoms with Crippen LogP contribution < -0.4 is 5.32 Å². The molecule has 1 N–H and O–H groups in total. The Morgan fingerprint density at radius 3 is 2.94 bits per heavy atom. The summed E-state index contributed by atoms with van der Waals surface area (Å²) in [6.07, 6.45) is 1.96. The molecule has 1 atom stereocenters. The van der Waals surface area contributed by atoms with Gasteiger partial charge in [-0.25, -0.2) is 4.98 Å². The van der Waals surface area contributed by atoms with Crippen LogP contribution in [0, 0.1) is 6.92 Å². The average molecular weight is 236 g/mol. The second kappa shape index (κ2) is 4.76. The van der Waals surface area contributed by atoms with E-state index < -0.39 is 0 Å². The zero-order valence-corrected chi connectivity index (χ0v) is 10.6. The minimum Gasteiger partial charge on any atom is -0.304 e. The van der Waals surface area contributed by atoms with E-state index in [2.05, 4.69) is 22.3 Å². The Labute approximate surface area is 99.3 Å². The maximum absolute atomic E-state index is 4.33. The van der Waals surface area contributed by atoms with E-state index in [1.54, 1.807) is 11.3 Å². The lowest BCUT2D eigenvalue weighted by molar-refractivity contribution is 0.566. The minimum absolute atomic E-state index is 0.328. The summed E-state index contributed by atoms with van der Waals surface area (Å²) >= 11 is 1.70. The number of nitrogens with zero attached hydrogens (tertiary/aromatic N) is 3. The Morgan fingerprint density at radius 1 is 1.56 bits per heavy atom. The first-order valence-electron chi connectivity index (χ1n) is 5.28. The zero-order chi connectivity index (χ0) is 11.5. The quantitative estimate of drug-likeness (QED) is 0.883. The highest BCUT2D eigenvalue weighted by molar-refractivity contribution is 7.09. The molecule has 2 rings (SSSR count). The Bertz CT molecular complexity index is 460. The smallest absolute Gasteiger partial charge is 0.0798 e. The maximum atomic E-state index is 4.33. The van der Waals surface area contributed by atoms with Crippen molar-refractivity contribution in [1.29, 1.82) is 0 Å². The van der Waals surface area contributed by atoms with Crippen molar-refractivity contribution in [2.45, 2.75) is 26.4 Å². The van der Waals surface area contributed by atoms with Crippen LogP contribution in [0.25, 0.3) is 0 Å². The molecule has 0 aliphatic carbocycles. The van der Waals surface area contributed by atoms with Gasteiger partial charge in [0.1, 0.15) is 0 Å². The van der Waals surface area contributed by atoms with Crippen LogP contribution >= 0.6 is 11.3 Å². The fourth-order valence-corrected chi connectivity index (χ4v) is 2.47. The van der Waals surface area contributed by atoms with Gasteiger partial charge in [0, 0.05) is 30.7 Å². The molecule has 0 bridgehead atoms. The molecular formula is C11H16N4S. The number of thiazole rings is 1. The van der Waals surface area contributed by atoms with E-state index >= 15 is 0 Å². The van der Waals surface area contributed by atoms with Crippen LogP contribution in [-0.2, 0) is 13.6 Å². The van der Waals surface area contributed by atoms with E-state index in [1.807, 2.05) is 36.4 Å². The van der Waals surface area contributed by atoms with Crippen LogP contribution in [0.15, 0.2) is 17.8 Å². The molecule has 0 radical (unpaired) electrons. The van der Waals surface area contributed by atoms with E-state index in [0.717, 1.165) is 17.9 Å². The summed E-state index contributed by atoms with van der Waals surface area (Å²) < 4.78 is 1.82. The van der Waals surface area contributed by atoms with Gasteiger partial charge in [-0.15, -0.1) is 11.3 Å². The Hall–Kier alpha value is -1.20. The van der Waals surface area contributed by atoms with Crippen LogP contribution in [0.5, 0.6) is 0 Å². The lowest BCUT2D eigenvalue weighted by Crippen LogP contribution is -2.18. The molecule has 16 heavy (non-hydrogen) atoms. The van der Waals surface area contributed by atoms with Gasteiger partial charge in [0.2, 0.25) is 0 Å². The SMILES string of the molecule is Cc1ncsc1C(C)NCc1ccn(C)n1. The molecule has 5 heteroatoms. The molecule has 0 spiro atoms. The van der Waals surface area contributed by atoms with Gasteiger partial charge in [-0.2, -0.15) is 5.10 Å². The molecule has 4 nitrogen and oxygen atoms in total. The van der Waals surface area contributed by atoms with E-state index in [0.29, 0.717) is 6.04 Å². The molecule has 0 amide bonds. The molecule has 0 fully saturated rings. The molecule has 0 aliphatic rings. The summed E-state index contributed by atoms with van der Waals surface area (Å²) in [5.41, 5.74) is 4.08. The Morgan fingerprint density at radius 2 is 2.38 bits per heavy atom. The number of hydrogen-bond acceptors (Lipinski definition) is 4. The van der Waals surface area contributed by atoms with Crippen LogP contribution in [0.4, 0.5) is 0 Å². The van der Waals surface area contributed by atoms with Crippen molar-refractivity contribution < 1.29 is 0 Å². The lowest BCUT2D eigenvalue weighted by atomic mass is 10.2. The number of hydrogen-bond donors (Lipinski definition) is 1. The molecule has 1 unspecified atom stereocenters. The summed E-state index contributed by atoms with van der Waals surface area (Å²) in [6.45, 7) is 4.99. The van der Waals surface area contributed by atoms with E-state index in [-0.39, 0.29) is 0 Å². The van der Waals surface area contributed by atoms with Crippen molar-refractivity contribution in [2.24, 2.45) is 7.05 Å². The minimum atomic E-state index is 0.328. The Kier molecular flexibility index (Phi) is 3.36. The van der Waals surface area contributed by atoms with Gasteiger partial charge >= 0.3 is 0 Å². The predicted octanol–water partition coefficient (Wildman–Crippen LogP) is 2.04. The van der Waals surface area contributed by atoms with Crippen molar-refractivity contribution >= 4 is 11.3 Å². The van der Waals surface area contributed by atoms with Crippen molar-refractivity contribution in [3.05, 3.63) is 34.0 Å². The number of nitrogens with one attached hydrogen (secondary N) is 1. The highest BCUT2D eigenvalue weighted by Crippen LogP contribution is 2.21. The van der Waals surface area contributed by atoms with Crippen LogP contribution in [0.2, 0.25) is 0 Å². The van der Waals surface area contributed by atoms with Gasteiger partial charge in [0.25, 0.3) is 0 Å². The molecule has 2 aromatic heterocycles. The van der Waals surface area contributed by atoms with Crippen molar-refractivity contribution in [1.82, 2.24) is 20.1 Å². The second-order valence-corrected chi connectivity index (χ2v) is 4.77. The van der Waals surface area contributed by atoms with Gasteiger partial charge < -0.3 is 5.32 Å². The van der Waals surface area contributed by atoms with Gasteiger partial charge in [-0.1, -0.05) is 0 Å². The molecule has 0 aromatic carbocycles. The first-order chi connectivity index (χ1) is 7.66. The molecule has 2 heterocycles. The topological polar surface area (TPSA) is 42.7 Å². The maximum Gasteiger partial charge on any atom is 0.0798 e. The summed E-state index contributed by atoms with van der Waals surface area (Å²) in [5.74, 6) is 0. The van der Waals surface area contributed by atoms with Gasteiger partial charge in [0.05, 0.1) is 16.9 Å². The molecule has 2 aromatic rings. The fraction of sp³-hybridized carbons (Fsp3) is 0.455. The summed E-state index contributed by atoms with van der Waals surface area (Å²) in [5, 5.41) is 7.78. The predicted molar refractivity (Wildman–Crippen MR) is 65.3 cm³/mol. The van der Waals surface area contributed by atoms with Crippen molar-refractivity contribution in [3.8, 4) is 0 Å². The highest BCUT2D eigenvalue weighted by atomic mass is 32.1. The molecule has 0 aliphatic heterocycles. The summed E-state index contributed by atoms with van der Waals surface area (Å²) in [7, 11) is 1.93. The monoisotopic (exact) mass is 236 g/mol. The first kappa shape index (κ1) is 11.3. The van der Waals surface area contributed by atoms with Gasteiger partial charge in [-0.3, -0.25) is 4.68 Å². The largest absolute Gasteiger partial charge is 0.304 e. The Balaban J connectivity index is 1.93. The standard InChI is InChI=1S/C11H16N4S/c1-8(11-9(2)13-7-16-11)12-6-10-4-5-15(3)14-10/h4-5,7-8,12H,6H2,1-3H3. The first-order valence-corrected chi connectivity index (χ1v) is 6.16. The van der Waals surface area contributed by atoms with Crippen molar-refractivity contribution in [3.63, 3.8) is 0 Å². The van der Waals surface area contributed by atoms with Crippen LogP contribution in [0.1, 0.15) is 29.2 Å². The number of aryl methyl sites for hydroxylation is 2. The highest BCUT2D eigenvalue weighted by Gasteiger charge is 2.10. The van der Waals surface area contributed by atoms with E-state index in [4.69, 9.17) is 0 Å². The third-order valence-electron chi connectivity index (χ3n) is 2.53. The zero-order valence-electron chi connectivity index (χ0n) is 9.77. The average Bonchev–Trinajstić information content (AvgIpc) is 2.84. The summed E-state index contributed by atoms with van der Waals surface area (Å²) in [6, 6.07) is 2.36. The van der Waals surface area contributed by atoms with Crippen LogP contribution in [0.3, 0.4) is 0 Å². The fourth-order valence-electron chi connectivity index (χ4n) is 1.63. The number of aromatic nitrogens is 3. The third-order valence-corrected chi connectivity index (χ3v) is 3.65. The van der Waals surface area contributed by atoms with Gasteiger partial charge in [-0.05, 0) is 19.9 Å². The number of rotatable bonds is 4. The second-order valence-electron chi connectivity index (χ2n) is 3.89. The molecular weight excluding hydrogens is 220 g/mol.